The van der Waals surface area contributed by atoms with Gasteiger partial charge in [-0.1, -0.05) is 29.8 Å². The molecule has 1 atom stereocenters. The van der Waals surface area contributed by atoms with Crippen LogP contribution in [0.3, 0.4) is 0 Å². The molecule has 0 bridgehead atoms. The Morgan fingerprint density at radius 1 is 1.33 bits per heavy atom. The number of hydrogen-bond acceptors (Lipinski definition) is 4. The first-order chi connectivity index (χ1) is 10.2. The van der Waals surface area contributed by atoms with Crippen LogP contribution in [0.4, 0.5) is 0 Å². The summed E-state index contributed by atoms with van der Waals surface area (Å²) >= 11 is 5.96. The van der Waals surface area contributed by atoms with Crippen molar-refractivity contribution in [1.29, 1.82) is 0 Å². The molecule has 1 saturated heterocycles. The van der Waals surface area contributed by atoms with Gasteiger partial charge in [-0.2, -0.15) is 0 Å². The minimum atomic E-state index is -0.477. The standard InChI is InChI=1S/C14H17ClN2O4/c15-11-5-2-1-4-10(11)8-20-9-13(18)16-17-14(19)12-6-3-7-21-12/h1-2,4-5,12H,3,6-9H2,(H,16,18)(H,17,19). The number of nitrogens with one attached hydrogen (secondary N) is 2. The van der Waals surface area contributed by atoms with E-state index in [1.54, 1.807) is 6.07 Å². The van der Waals surface area contributed by atoms with Gasteiger partial charge in [-0.25, -0.2) is 0 Å². The van der Waals surface area contributed by atoms with Crippen molar-refractivity contribution in [3.8, 4) is 0 Å². The van der Waals surface area contributed by atoms with Gasteiger partial charge >= 0.3 is 0 Å². The van der Waals surface area contributed by atoms with Crippen molar-refractivity contribution >= 4 is 23.4 Å². The third kappa shape index (κ3) is 5.00. The molecule has 7 heteroatoms. The van der Waals surface area contributed by atoms with Crippen LogP contribution in [-0.2, 0) is 25.7 Å². The maximum absolute atomic E-state index is 11.6. The molecular weight excluding hydrogens is 296 g/mol. The number of hydrazine groups is 1. The van der Waals surface area contributed by atoms with Crippen LogP contribution in [0.25, 0.3) is 0 Å². The Hall–Kier alpha value is -1.63. The first-order valence-electron chi connectivity index (χ1n) is 6.68. The highest BCUT2D eigenvalue weighted by atomic mass is 35.5. The number of halogens is 1. The van der Waals surface area contributed by atoms with Gasteiger partial charge in [-0.3, -0.25) is 20.4 Å². The Labute approximate surface area is 127 Å². The largest absolute Gasteiger partial charge is 0.368 e. The normalized spacial score (nSPS) is 17.5. The summed E-state index contributed by atoms with van der Waals surface area (Å²) in [5, 5.41) is 0.588. The predicted molar refractivity (Wildman–Crippen MR) is 76.4 cm³/mol. The molecule has 21 heavy (non-hydrogen) atoms. The van der Waals surface area contributed by atoms with Crippen molar-refractivity contribution in [1.82, 2.24) is 10.9 Å². The summed E-state index contributed by atoms with van der Waals surface area (Å²) in [6.45, 7) is 0.636. The molecule has 2 N–H and O–H groups in total. The van der Waals surface area contributed by atoms with Crippen LogP contribution < -0.4 is 10.9 Å². The van der Waals surface area contributed by atoms with E-state index in [1.165, 1.54) is 0 Å². The van der Waals surface area contributed by atoms with Gasteiger partial charge < -0.3 is 9.47 Å². The SMILES string of the molecule is O=C(COCc1ccccc1Cl)NNC(=O)C1CCCO1. The fraction of sp³-hybridized carbons (Fsp3) is 0.429. The van der Waals surface area contributed by atoms with Crippen LogP contribution in [0.1, 0.15) is 18.4 Å². The Bertz CT molecular complexity index is 504. The van der Waals surface area contributed by atoms with E-state index in [0.29, 0.717) is 18.1 Å². The van der Waals surface area contributed by atoms with Crippen molar-refractivity contribution in [2.45, 2.75) is 25.6 Å². The monoisotopic (exact) mass is 312 g/mol. The van der Waals surface area contributed by atoms with Crippen LogP contribution in [-0.4, -0.2) is 31.1 Å². The molecule has 0 radical (unpaired) electrons. The average molecular weight is 313 g/mol. The van der Waals surface area contributed by atoms with Gasteiger partial charge in [-0.15, -0.1) is 0 Å². The summed E-state index contributed by atoms with van der Waals surface area (Å²) < 4.78 is 10.4. The molecule has 0 aliphatic carbocycles. The van der Waals surface area contributed by atoms with Gasteiger partial charge in [0.2, 0.25) is 0 Å². The van der Waals surface area contributed by atoms with Crippen LogP contribution in [0.2, 0.25) is 5.02 Å². The Morgan fingerprint density at radius 3 is 2.86 bits per heavy atom. The molecule has 1 unspecified atom stereocenters. The zero-order valence-corrected chi connectivity index (χ0v) is 12.2. The number of carbonyl (C=O) groups excluding carboxylic acids is 2. The average Bonchev–Trinajstić information content (AvgIpc) is 3.01. The van der Waals surface area contributed by atoms with Gasteiger partial charge in [0.05, 0.1) is 6.61 Å². The molecule has 1 aliphatic heterocycles. The van der Waals surface area contributed by atoms with Gasteiger partial charge in [0.25, 0.3) is 11.8 Å². The molecule has 1 aromatic carbocycles. The zero-order chi connectivity index (χ0) is 15.1. The van der Waals surface area contributed by atoms with Gasteiger partial charge in [0.15, 0.2) is 0 Å². The minimum Gasteiger partial charge on any atom is -0.368 e. The van der Waals surface area contributed by atoms with Crippen LogP contribution in [0, 0.1) is 0 Å². The topological polar surface area (TPSA) is 76.7 Å². The summed E-state index contributed by atoms with van der Waals surface area (Å²) in [4.78, 5) is 23.1. The van der Waals surface area contributed by atoms with Crippen LogP contribution in [0.15, 0.2) is 24.3 Å². The van der Waals surface area contributed by atoms with E-state index in [-0.39, 0.29) is 19.1 Å². The van der Waals surface area contributed by atoms with E-state index in [0.717, 1.165) is 12.0 Å². The number of rotatable bonds is 5. The van der Waals surface area contributed by atoms with Crippen molar-refractivity contribution in [2.24, 2.45) is 0 Å². The fourth-order valence-electron chi connectivity index (χ4n) is 1.90. The van der Waals surface area contributed by atoms with E-state index in [2.05, 4.69) is 10.9 Å². The lowest BCUT2D eigenvalue weighted by atomic mass is 10.2. The highest BCUT2D eigenvalue weighted by Gasteiger charge is 2.23. The Balaban J connectivity index is 1.63. The molecule has 0 saturated carbocycles. The van der Waals surface area contributed by atoms with E-state index in [1.807, 2.05) is 18.2 Å². The highest BCUT2D eigenvalue weighted by molar-refractivity contribution is 6.31. The van der Waals surface area contributed by atoms with Gasteiger partial charge in [-0.05, 0) is 24.5 Å². The maximum atomic E-state index is 11.6. The first-order valence-corrected chi connectivity index (χ1v) is 7.06. The zero-order valence-electron chi connectivity index (χ0n) is 11.4. The molecule has 1 aliphatic rings. The second-order valence-corrected chi connectivity index (χ2v) is 5.03. The number of ether oxygens (including phenoxy) is 2. The van der Waals surface area contributed by atoms with E-state index in [4.69, 9.17) is 21.1 Å². The number of carbonyl (C=O) groups is 2. The van der Waals surface area contributed by atoms with Crippen LogP contribution in [0.5, 0.6) is 0 Å². The third-order valence-corrected chi connectivity index (χ3v) is 3.36. The number of hydrogen-bond donors (Lipinski definition) is 2. The van der Waals surface area contributed by atoms with Crippen molar-refractivity contribution < 1.29 is 19.1 Å². The summed E-state index contributed by atoms with van der Waals surface area (Å²) in [6, 6.07) is 7.23. The second-order valence-electron chi connectivity index (χ2n) is 4.62. The number of amides is 2. The first kappa shape index (κ1) is 15.8. The maximum Gasteiger partial charge on any atom is 0.267 e. The molecule has 1 heterocycles. The summed E-state index contributed by atoms with van der Waals surface area (Å²) in [5.74, 6) is -0.777. The lowest BCUT2D eigenvalue weighted by molar-refractivity contribution is -0.136. The smallest absolute Gasteiger partial charge is 0.267 e. The van der Waals surface area contributed by atoms with Gasteiger partial charge in [0.1, 0.15) is 12.7 Å². The van der Waals surface area contributed by atoms with E-state index in [9.17, 15) is 9.59 Å². The van der Waals surface area contributed by atoms with E-state index < -0.39 is 12.0 Å². The van der Waals surface area contributed by atoms with Crippen molar-refractivity contribution in [2.75, 3.05) is 13.2 Å². The fourth-order valence-corrected chi connectivity index (χ4v) is 2.09. The van der Waals surface area contributed by atoms with Crippen molar-refractivity contribution in [3.63, 3.8) is 0 Å². The molecule has 0 spiro atoms. The third-order valence-electron chi connectivity index (χ3n) is 3.00. The number of benzene rings is 1. The molecule has 114 valence electrons. The Kier molecular flexibility index (Phi) is 5.98. The molecule has 2 rings (SSSR count). The minimum absolute atomic E-state index is 0.170. The lowest BCUT2D eigenvalue weighted by Crippen LogP contribution is -2.47. The summed E-state index contributed by atoms with van der Waals surface area (Å²) in [6.07, 6.45) is 1.05. The highest BCUT2D eigenvalue weighted by Crippen LogP contribution is 2.15. The summed E-state index contributed by atoms with van der Waals surface area (Å²) in [7, 11) is 0. The molecule has 2 amide bonds. The van der Waals surface area contributed by atoms with Crippen LogP contribution >= 0.6 is 11.6 Å². The second kappa shape index (κ2) is 7.97. The molecule has 0 aromatic heterocycles. The summed E-state index contributed by atoms with van der Waals surface area (Å²) in [5.41, 5.74) is 5.40. The quantitative estimate of drug-likeness (QED) is 0.801. The van der Waals surface area contributed by atoms with E-state index >= 15 is 0 Å². The Morgan fingerprint density at radius 2 is 2.14 bits per heavy atom. The molecule has 1 fully saturated rings. The molecule has 6 nitrogen and oxygen atoms in total. The van der Waals surface area contributed by atoms with Crippen molar-refractivity contribution in [3.05, 3.63) is 34.9 Å². The molecule has 1 aromatic rings. The predicted octanol–water partition coefficient (Wildman–Crippen LogP) is 1.18. The molecular formula is C14H17ClN2O4. The lowest BCUT2D eigenvalue weighted by Gasteiger charge is -2.11. The van der Waals surface area contributed by atoms with Gasteiger partial charge in [0, 0.05) is 11.6 Å².